The van der Waals surface area contributed by atoms with E-state index in [1.807, 2.05) is 12.1 Å². The fourth-order valence-electron chi connectivity index (χ4n) is 4.73. The van der Waals surface area contributed by atoms with Crippen LogP contribution >= 0.6 is 0 Å². The lowest BCUT2D eigenvalue weighted by Crippen LogP contribution is -2.55. The lowest BCUT2D eigenvalue weighted by molar-refractivity contribution is -0.146. The van der Waals surface area contributed by atoms with E-state index < -0.39 is 0 Å². The van der Waals surface area contributed by atoms with E-state index >= 15 is 0 Å². The summed E-state index contributed by atoms with van der Waals surface area (Å²) in [6, 6.07) is 4.20. The average Bonchev–Trinajstić information content (AvgIpc) is 3.31. The van der Waals surface area contributed by atoms with Crippen molar-refractivity contribution in [3.63, 3.8) is 0 Å². The fourth-order valence-corrected chi connectivity index (χ4v) is 4.73. The molecule has 3 fully saturated rings. The van der Waals surface area contributed by atoms with E-state index in [1.165, 1.54) is 0 Å². The molecular formula is C19H28N2O4. The highest BCUT2D eigenvalue weighted by molar-refractivity contribution is 5.79. The smallest absolute Gasteiger partial charge is 0.226 e. The Morgan fingerprint density at radius 1 is 1.28 bits per heavy atom. The van der Waals surface area contributed by atoms with E-state index in [1.54, 1.807) is 13.4 Å². The molecule has 138 valence electrons. The summed E-state index contributed by atoms with van der Waals surface area (Å²) in [7, 11) is 1.80. The van der Waals surface area contributed by atoms with Crippen molar-refractivity contribution < 1.29 is 18.7 Å². The Kier molecular flexibility index (Phi) is 5.10. The van der Waals surface area contributed by atoms with Gasteiger partial charge in [-0.05, 0) is 31.4 Å². The van der Waals surface area contributed by atoms with Crippen molar-refractivity contribution in [1.29, 1.82) is 0 Å². The molecule has 3 atom stereocenters. The van der Waals surface area contributed by atoms with Gasteiger partial charge in [0.15, 0.2) is 0 Å². The Morgan fingerprint density at radius 3 is 2.84 bits per heavy atom. The lowest BCUT2D eigenvalue weighted by Gasteiger charge is -2.42. The average molecular weight is 348 g/mol. The maximum atomic E-state index is 13.1. The molecule has 3 aliphatic rings. The second kappa shape index (κ2) is 7.48. The van der Waals surface area contributed by atoms with Crippen LogP contribution in [0.5, 0.6) is 0 Å². The van der Waals surface area contributed by atoms with Gasteiger partial charge in [0.05, 0.1) is 25.0 Å². The van der Waals surface area contributed by atoms with Crippen LogP contribution in [0.3, 0.4) is 0 Å². The maximum Gasteiger partial charge on any atom is 0.226 e. The van der Waals surface area contributed by atoms with Crippen molar-refractivity contribution in [2.45, 2.75) is 38.0 Å². The zero-order valence-corrected chi connectivity index (χ0v) is 14.9. The molecule has 1 aromatic heterocycles. The SMILES string of the molecule is CO[C@H]1CCN(C(=O)C2CCOCC2)[C@@H]2CN(Cc3ccco3)C[C@H]12. The van der Waals surface area contributed by atoms with Gasteiger partial charge < -0.3 is 18.8 Å². The van der Waals surface area contributed by atoms with Crippen LogP contribution in [0.4, 0.5) is 0 Å². The van der Waals surface area contributed by atoms with Gasteiger partial charge in [0, 0.05) is 51.8 Å². The third kappa shape index (κ3) is 3.48. The molecule has 0 unspecified atom stereocenters. The van der Waals surface area contributed by atoms with Crippen molar-refractivity contribution in [2.75, 3.05) is 40.0 Å². The molecule has 0 aromatic carbocycles. The molecular weight excluding hydrogens is 320 g/mol. The number of methoxy groups -OCH3 is 1. The summed E-state index contributed by atoms with van der Waals surface area (Å²) in [5.41, 5.74) is 0. The normalized spacial score (nSPS) is 31.2. The summed E-state index contributed by atoms with van der Waals surface area (Å²) < 4.78 is 16.7. The highest BCUT2D eigenvalue weighted by Crippen LogP contribution is 2.35. The topological polar surface area (TPSA) is 55.1 Å². The number of amides is 1. The molecule has 0 radical (unpaired) electrons. The largest absolute Gasteiger partial charge is 0.468 e. The van der Waals surface area contributed by atoms with Gasteiger partial charge in [0.25, 0.3) is 0 Å². The second-order valence-electron chi connectivity index (χ2n) is 7.49. The van der Waals surface area contributed by atoms with Gasteiger partial charge in [-0.1, -0.05) is 0 Å². The van der Waals surface area contributed by atoms with Crippen LogP contribution < -0.4 is 0 Å². The third-order valence-corrected chi connectivity index (χ3v) is 6.06. The van der Waals surface area contributed by atoms with Crippen LogP contribution in [0.1, 0.15) is 25.0 Å². The van der Waals surface area contributed by atoms with Gasteiger partial charge in [0.1, 0.15) is 5.76 Å². The number of rotatable bonds is 4. The molecule has 4 rings (SSSR count). The molecule has 0 N–H and O–H groups in total. The minimum atomic E-state index is 0.132. The Hall–Kier alpha value is -1.37. The van der Waals surface area contributed by atoms with Crippen molar-refractivity contribution in [3.05, 3.63) is 24.2 Å². The van der Waals surface area contributed by atoms with Gasteiger partial charge in [0.2, 0.25) is 5.91 Å². The fraction of sp³-hybridized carbons (Fsp3) is 0.737. The second-order valence-corrected chi connectivity index (χ2v) is 7.49. The highest BCUT2D eigenvalue weighted by atomic mass is 16.5. The number of hydrogen-bond acceptors (Lipinski definition) is 5. The zero-order valence-electron chi connectivity index (χ0n) is 14.9. The first-order valence-corrected chi connectivity index (χ1v) is 9.42. The van der Waals surface area contributed by atoms with Crippen molar-refractivity contribution in [2.24, 2.45) is 11.8 Å². The van der Waals surface area contributed by atoms with Gasteiger partial charge in [-0.25, -0.2) is 0 Å². The summed E-state index contributed by atoms with van der Waals surface area (Å²) in [6.45, 7) is 4.90. The molecule has 25 heavy (non-hydrogen) atoms. The lowest BCUT2D eigenvalue weighted by atomic mass is 9.87. The Bertz CT molecular complexity index is 570. The molecule has 0 spiro atoms. The third-order valence-electron chi connectivity index (χ3n) is 6.06. The number of piperidine rings is 1. The quantitative estimate of drug-likeness (QED) is 0.830. The molecule has 3 saturated heterocycles. The van der Waals surface area contributed by atoms with Crippen molar-refractivity contribution >= 4 is 5.91 Å². The minimum Gasteiger partial charge on any atom is -0.468 e. The predicted molar refractivity (Wildman–Crippen MR) is 91.9 cm³/mol. The van der Waals surface area contributed by atoms with Crippen molar-refractivity contribution in [1.82, 2.24) is 9.80 Å². The monoisotopic (exact) mass is 348 g/mol. The van der Waals surface area contributed by atoms with Crippen molar-refractivity contribution in [3.8, 4) is 0 Å². The molecule has 6 nitrogen and oxygen atoms in total. The highest BCUT2D eigenvalue weighted by Gasteiger charge is 2.47. The number of carbonyl (C=O) groups is 1. The summed E-state index contributed by atoms with van der Waals surface area (Å²) in [6.07, 6.45) is 4.61. The van der Waals surface area contributed by atoms with Crippen LogP contribution in [0.15, 0.2) is 22.8 Å². The number of furan rings is 1. The number of nitrogens with zero attached hydrogens (tertiary/aromatic N) is 2. The summed E-state index contributed by atoms with van der Waals surface area (Å²) in [4.78, 5) is 17.7. The maximum absolute atomic E-state index is 13.1. The van der Waals surface area contributed by atoms with Gasteiger partial charge in [-0.3, -0.25) is 9.69 Å². The molecule has 6 heteroatoms. The molecule has 0 bridgehead atoms. The Morgan fingerprint density at radius 2 is 2.12 bits per heavy atom. The first kappa shape index (κ1) is 17.1. The minimum absolute atomic E-state index is 0.132. The Labute approximate surface area is 149 Å². The van der Waals surface area contributed by atoms with Crippen LogP contribution in [-0.4, -0.2) is 67.8 Å². The summed E-state index contributed by atoms with van der Waals surface area (Å²) in [5, 5.41) is 0. The number of likely N-dealkylation sites (tertiary alicyclic amines) is 2. The standard InChI is InChI=1S/C19H28N2O4/c1-23-18-4-7-21(19(22)14-5-9-24-10-6-14)17-13-20(12-16(17)18)11-15-3-2-8-25-15/h2-3,8,14,16-18H,4-7,9-13H2,1H3/t16-,17+,18-/m0/s1. The summed E-state index contributed by atoms with van der Waals surface area (Å²) >= 11 is 0. The first-order valence-electron chi connectivity index (χ1n) is 9.42. The van der Waals surface area contributed by atoms with Gasteiger partial charge in [-0.15, -0.1) is 0 Å². The van der Waals surface area contributed by atoms with E-state index in [4.69, 9.17) is 13.9 Å². The van der Waals surface area contributed by atoms with E-state index in [9.17, 15) is 4.79 Å². The molecule has 0 aliphatic carbocycles. The zero-order chi connectivity index (χ0) is 17.2. The van der Waals surface area contributed by atoms with Gasteiger partial charge in [-0.2, -0.15) is 0 Å². The van der Waals surface area contributed by atoms with Crippen LogP contribution in [-0.2, 0) is 20.8 Å². The number of hydrogen-bond donors (Lipinski definition) is 0. The number of ether oxygens (including phenoxy) is 2. The van der Waals surface area contributed by atoms with Crippen LogP contribution in [0, 0.1) is 11.8 Å². The number of carbonyl (C=O) groups excluding carboxylic acids is 1. The molecule has 1 amide bonds. The molecule has 4 heterocycles. The first-order chi connectivity index (χ1) is 12.3. The summed E-state index contributed by atoms with van der Waals surface area (Å²) in [5.74, 6) is 1.83. The van der Waals surface area contributed by atoms with E-state index in [2.05, 4.69) is 9.80 Å². The van der Waals surface area contributed by atoms with E-state index in [0.717, 1.165) is 51.2 Å². The van der Waals surface area contributed by atoms with E-state index in [0.29, 0.717) is 25.0 Å². The molecule has 1 aromatic rings. The Balaban J connectivity index is 1.47. The molecule has 3 aliphatic heterocycles. The van der Waals surface area contributed by atoms with E-state index in [-0.39, 0.29) is 18.1 Å². The molecule has 0 saturated carbocycles. The predicted octanol–water partition coefficient (Wildman–Crippen LogP) is 1.75. The van der Waals surface area contributed by atoms with Crippen LogP contribution in [0.25, 0.3) is 0 Å². The van der Waals surface area contributed by atoms with Crippen LogP contribution in [0.2, 0.25) is 0 Å². The number of fused-ring (bicyclic) bond motifs is 1. The van der Waals surface area contributed by atoms with Gasteiger partial charge >= 0.3 is 0 Å².